The molecule has 0 bridgehead atoms. The van der Waals surface area contributed by atoms with Gasteiger partial charge in [0.05, 0.1) is 6.04 Å². The Morgan fingerprint density at radius 1 is 0.833 bits per heavy atom. The molecular formula is C28H25ClN4O2S. The Kier molecular flexibility index (Phi) is 7.41. The van der Waals surface area contributed by atoms with Gasteiger partial charge in [-0.25, -0.2) is 4.98 Å². The van der Waals surface area contributed by atoms with Crippen LogP contribution in [-0.4, -0.2) is 52.8 Å². The summed E-state index contributed by atoms with van der Waals surface area (Å²) >= 11 is 7.13. The molecule has 0 spiro atoms. The van der Waals surface area contributed by atoms with Gasteiger partial charge < -0.3 is 4.90 Å². The van der Waals surface area contributed by atoms with Crippen molar-refractivity contribution >= 4 is 39.9 Å². The van der Waals surface area contributed by atoms with Crippen molar-refractivity contribution in [1.29, 1.82) is 0 Å². The van der Waals surface area contributed by atoms with Crippen LogP contribution >= 0.6 is 22.9 Å². The predicted octanol–water partition coefficient (Wildman–Crippen LogP) is 5.60. The fourth-order valence-corrected chi connectivity index (χ4v) is 5.24. The van der Waals surface area contributed by atoms with Crippen molar-refractivity contribution in [2.75, 3.05) is 31.5 Å². The van der Waals surface area contributed by atoms with Gasteiger partial charge in [-0.15, -0.1) is 11.3 Å². The van der Waals surface area contributed by atoms with Gasteiger partial charge in [0, 0.05) is 42.1 Å². The fourth-order valence-electron chi connectivity index (χ4n) is 4.43. The van der Waals surface area contributed by atoms with Crippen molar-refractivity contribution in [3.05, 3.63) is 118 Å². The minimum absolute atomic E-state index is 0.117. The second-order valence-electron chi connectivity index (χ2n) is 8.55. The average molecular weight is 517 g/mol. The molecule has 2 amide bonds. The molecule has 1 aliphatic rings. The van der Waals surface area contributed by atoms with Gasteiger partial charge in [0.1, 0.15) is 5.69 Å². The molecule has 6 nitrogen and oxygen atoms in total. The van der Waals surface area contributed by atoms with E-state index in [4.69, 9.17) is 11.6 Å². The largest absolute Gasteiger partial charge is 0.335 e. The van der Waals surface area contributed by atoms with Gasteiger partial charge in [-0.05, 0) is 35.4 Å². The Hall–Kier alpha value is -3.52. The van der Waals surface area contributed by atoms with Crippen molar-refractivity contribution < 1.29 is 9.59 Å². The Labute approximate surface area is 219 Å². The van der Waals surface area contributed by atoms with E-state index < -0.39 is 0 Å². The van der Waals surface area contributed by atoms with Crippen LogP contribution < -0.4 is 5.32 Å². The minimum Gasteiger partial charge on any atom is -0.335 e. The summed E-state index contributed by atoms with van der Waals surface area (Å²) < 4.78 is 0. The van der Waals surface area contributed by atoms with Crippen LogP contribution in [-0.2, 0) is 0 Å². The first-order valence-corrected chi connectivity index (χ1v) is 13.0. The van der Waals surface area contributed by atoms with Crippen molar-refractivity contribution in [2.45, 2.75) is 6.04 Å². The number of aromatic nitrogens is 1. The van der Waals surface area contributed by atoms with E-state index in [0.717, 1.165) is 13.1 Å². The predicted molar refractivity (Wildman–Crippen MR) is 144 cm³/mol. The molecule has 4 aromatic rings. The normalized spacial score (nSPS) is 14.1. The highest BCUT2D eigenvalue weighted by atomic mass is 35.5. The molecule has 0 unspecified atom stereocenters. The van der Waals surface area contributed by atoms with E-state index in [1.165, 1.54) is 22.5 Å². The van der Waals surface area contributed by atoms with E-state index in [0.29, 0.717) is 34.5 Å². The fraction of sp³-hybridized carbons (Fsp3) is 0.179. The van der Waals surface area contributed by atoms with Crippen molar-refractivity contribution in [2.24, 2.45) is 0 Å². The molecule has 36 heavy (non-hydrogen) atoms. The zero-order valence-corrected chi connectivity index (χ0v) is 21.1. The number of anilines is 1. The number of hydrogen-bond donors (Lipinski definition) is 1. The molecule has 1 fully saturated rings. The number of thiazole rings is 1. The maximum Gasteiger partial charge on any atom is 0.273 e. The van der Waals surface area contributed by atoms with Crippen LogP contribution in [0.2, 0.25) is 5.02 Å². The first kappa shape index (κ1) is 24.2. The van der Waals surface area contributed by atoms with Crippen molar-refractivity contribution in [3.8, 4) is 0 Å². The first-order valence-electron chi connectivity index (χ1n) is 11.7. The Morgan fingerprint density at radius 2 is 1.42 bits per heavy atom. The molecule has 0 aliphatic carbocycles. The highest BCUT2D eigenvalue weighted by Gasteiger charge is 2.29. The molecule has 5 rings (SSSR count). The number of carbonyl (C=O) groups excluding carboxylic acids is 2. The number of piperazine rings is 1. The van der Waals surface area contributed by atoms with Gasteiger partial charge in [0.15, 0.2) is 5.13 Å². The highest BCUT2D eigenvalue weighted by Crippen LogP contribution is 2.30. The van der Waals surface area contributed by atoms with Gasteiger partial charge in [0.25, 0.3) is 11.8 Å². The van der Waals surface area contributed by atoms with Gasteiger partial charge >= 0.3 is 0 Å². The Morgan fingerprint density at radius 3 is 2.00 bits per heavy atom. The quantitative estimate of drug-likeness (QED) is 0.362. The lowest BCUT2D eigenvalue weighted by molar-refractivity contribution is 0.0592. The number of benzene rings is 3. The van der Waals surface area contributed by atoms with Crippen LogP contribution in [0.1, 0.15) is 38.0 Å². The number of rotatable bonds is 6. The standard InChI is InChI=1S/C28H25ClN4O2S/c29-23-13-11-22(12-14-23)26(34)31-28-30-24(19-36-28)27(35)33-17-15-32(16-18-33)25(20-7-3-1-4-8-20)21-9-5-2-6-10-21/h1-14,19,25H,15-18H2,(H,30,31,34). The van der Waals surface area contributed by atoms with Crippen LogP contribution in [0.15, 0.2) is 90.3 Å². The smallest absolute Gasteiger partial charge is 0.273 e. The van der Waals surface area contributed by atoms with E-state index in [2.05, 4.69) is 63.7 Å². The minimum atomic E-state index is -0.290. The molecule has 2 heterocycles. The van der Waals surface area contributed by atoms with Crippen molar-refractivity contribution in [3.63, 3.8) is 0 Å². The van der Waals surface area contributed by atoms with Gasteiger partial charge in [0.2, 0.25) is 0 Å². The summed E-state index contributed by atoms with van der Waals surface area (Å²) in [4.78, 5) is 34.2. The molecule has 0 radical (unpaired) electrons. The molecule has 1 saturated heterocycles. The first-order chi connectivity index (χ1) is 17.6. The van der Waals surface area contributed by atoms with Crippen LogP contribution in [0.3, 0.4) is 0 Å². The molecule has 8 heteroatoms. The molecule has 3 aromatic carbocycles. The summed E-state index contributed by atoms with van der Waals surface area (Å²) in [5.74, 6) is -0.407. The number of halogens is 1. The monoisotopic (exact) mass is 516 g/mol. The third kappa shape index (κ3) is 5.49. The molecule has 0 atom stereocenters. The van der Waals surface area contributed by atoms with E-state index in [9.17, 15) is 9.59 Å². The van der Waals surface area contributed by atoms with E-state index in [1.54, 1.807) is 29.6 Å². The molecule has 1 N–H and O–H groups in total. The van der Waals surface area contributed by atoms with Gasteiger partial charge in [-0.2, -0.15) is 0 Å². The zero-order valence-electron chi connectivity index (χ0n) is 19.5. The summed E-state index contributed by atoms with van der Waals surface area (Å²) in [5.41, 5.74) is 3.31. The summed E-state index contributed by atoms with van der Waals surface area (Å²) in [6.07, 6.45) is 0. The van der Waals surface area contributed by atoms with E-state index >= 15 is 0 Å². The molecule has 182 valence electrons. The lowest BCUT2D eigenvalue weighted by Crippen LogP contribution is -2.50. The van der Waals surface area contributed by atoms with Crippen molar-refractivity contribution in [1.82, 2.24) is 14.8 Å². The number of carbonyl (C=O) groups is 2. The molecule has 0 saturated carbocycles. The van der Waals surface area contributed by atoms with Crippen LogP contribution in [0, 0.1) is 0 Å². The Bertz CT molecular complexity index is 1280. The Balaban J connectivity index is 1.23. The number of nitrogens with zero attached hydrogens (tertiary/aromatic N) is 3. The lowest BCUT2D eigenvalue weighted by atomic mass is 9.96. The number of nitrogens with one attached hydrogen (secondary N) is 1. The summed E-state index contributed by atoms with van der Waals surface area (Å²) in [6.45, 7) is 2.73. The number of hydrogen-bond acceptors (Lipinski definition) is 5. The lowest BCUT2D eigenvalue weighted by Gasteiger charge is -2.39. The van der Waals surface area contributed by atoms with E-state index in [-0.39, 0.29) is 17.9 Å². The summed E-state index contributed by atoms with van der Waals surface area (Å²) in [6, 6.07) is 27.7. The number of amides is 2. The SMILES string of the molecule is O=C(Nc1nc(C(=O)N2CCN(C(c3ccccc3)c3ccccc3)CC2)cs1)c1ccc(Cl)cc1. The van der Waals surface area contributed by atoms with Crippen LogP contribution in [0.5, 0.6) is 0 Å². The average Bonchev–Trinajstić information content (AvgIpc) is 3.39. The zero-order chi connectivity index (χ0) is 24.9. The third-order valence-corrected chi connectivity index (χ3v) is 7.26. The van der Waals surface area contributed by atoms with Crippen LogP contribution in [0.4, 0.5) is 5.13 Å². The topological polar surface area (TPSA) is 65.5 Å². The molecule has 1 aliphatic heterocycles. The maximum atomic E-state index is 13.1. The maximum absolute atomic E-state index is 13.1. The molecular weight excluding hydrogens is 492 g/mol. The highest BCUT2D eigenvalue weighted by molar-refractivity contribution is 7.14. The van der Waals surface area contributed by atoms with Crippen LogP contribution in [0.25, 0.3) is 0 Å². The van der Waals surface area contributed by atoms with E-state index in [1.807, 2.05) is 17.0 Å². The summed E-state index contributed by atoms with van der Waals surface area (Å²) in [7, 11) is 0. The second kappa shape index (κ2) is 11.0. The van der Waals surface area contributed by atoms with Gasteiger partial charge in [-0.3, -0.25) is 19.8 Å². The molecule has 1 aromatic heterocycles. The summed E-state index contributed by atoms with van der Waals surface area (Å²) in [5, 5.41) is 5.41. The third-order valence-electron chi connectivity index (χ3n) is 6.25. The second-order valence-corrected chi connectivity index (χ2v) is 9.85. The van der Waals surface area contributed by atoms with Gasteiger partial charge in [-0.1, -0.05) is 72.3 Å².